The van der Waals surface area contributed by atoms with Crippen LogP contribution in [0.1, 0.15) is 20.3 Å². The average Bonchev–Trinajstić information content (AvgIpc) is 1.60. The van der Waals surface area contributed by atoms with E-state index < -0.39 is 10.1 Å². The Morgan fingerprint density at radius 3 is 1.80 bits per heavy atom. The molecule has 0 spiro atoms. The Kier molecular flexibility index (Phi) is 3.33. The summed E-state index contributed by atoms with van der Waals surface area (Å²) in [4.78, 5) is 21.0. The van der Waals surface area contributed by atoms with Crippen molar-refractivity contribution in [1.82, 2.24) is 0 Å². The molecular formula is C6H8Cl2O2. The fraction of sp³-hybridized carbons (Fsp3) is 0.667. The summed E-state index contributed by atoms with van der Waals surface area (Å²) in [5, 5.41) is 0. The van der Waals surface area contributed by atoms with E-state index in [0.29, 0.717) is 0 Å². The van der Waals surface area contributed by atoms with Crippen LogP contribution in [0.4, 0.5) is 0 Å². The van der Waals surface area contributed by atoms with Crippen molar-refractivity contribution in [2.45, 2.75) is 24.6 Å². The molecule has 2 nitrogen and oxygen atoms in total. The summed E-state index contributed by atoms with van der Waals surface area (Å²) in [5.41, 5.74) is 0. The Morgan fingerprint density at radius 1 is 1.30 bits per heavy atom. The van der Waals surface area contributed by atoms with E-state index in [4.69, 9.17) is 23.2 Å². The molecule has 0 aliphatic rings. The molecular weight excluding hydrogens is 175 g/mol. The molecule has 0 unspecified atom stereocenters. The van der Waals surface area contributed by atoms with E-state index in [-0.39, 0.29) is 12.2 Å². The molecule has 0 aromatic carbocycles. The van der Waals surface area contributed by atoms with Gasteiger partial charge in [-0.1, -0.05) is 23.2 Å². The Bertz CT molecular complexity index is 163. The average molecular weight is 183 g/mol. The number of ketones is 2. The molecule has 0 heterocycles. The molecule has 58 valence electrons. The highest BCUT2D eigenvalue weighted by Crippen LogP contribution is 2.26. The van der Waals surface area contributed by atoms with Gasteiger partial charge in [0, 0.05) is 6.42 Å². The lowest BCUT2D eigenvalue weighted by Crippen LogP contribution is -2.25. The van der Waals surface area contributed by atoms with E-state index >= 15 is 0 Å². The van der Waals surface area contributed by atoms with Crippen LogP contribution in [0.3, 0.4) is 0 Å². The van der Waals surface area contributed by atoms with Crippen LogP contribution in [-0.4, -0.2) is 15.9 Å². The van der Waals surface area contributed by atoms with Crippen LogP contribution in [-0.2, 0) is 9.59 Å². The molecule has 0 aliphatic carbocycles. The van der Waals surface area contributed by atoms with Gasteiger partial charge in [0.05, 0.1) is 0 Å². The Balaban J connectivity index is 4.13. The number of halogens is 2. The molecule has 0 aromatic rings. The summed E-state index contributed by atoms with van der Waals surface area (Å²) in [6.45, 7) is 2.59. The summed E-state index contributed by atoms with van der Waals surface area (Å²) in [5.74, 6) is -0.591. The molecule has 0 saturated heterocycles. The van der Waals surface area contributed by atoms with Crippen molar-refractivity contribution in [2.24, 2.45) is 0 Å². The van der Waals surface area contributed by atoms with E-state index in [1.807, 2.05) is 0 Å². The first-order valence-corrected chi connectivity index (χ1v) is 3.50. The molecule has 4 heteroatoms. The number of carbonyl (C=O) groups excluding carboxylic acids is 2. The molecule has 0 atom stereocenters. The van der Waals surface area contributed by atoms with Crippen LogP contribution in [0, 0.1) is 0 Å². The van der Waals surface area contributed by atoms with Crippen LogP contribution < -0.4 is 0 Å². The molecule has 10 heavy (non-hydrogen) atoms. The van der Waals surface area contributed by atoms with Gasteiger partial charge in [0.15, 0.2) is 10.1 Å². The van der Waals surface area contributed by atoms with Gasteiger partial charge in [0.1, 0.15) is 5.78 Å². The van der Waals surface area contributed by atoms with Gasteiger partial charge in [-0.2, -0.15) is 0 Å². The van der Waals surface area contributed by atoms with Crippen LogP contribution in [0.15, 0.2) is 0 Å². The summed E-state index contributed by atoms with van der Waals surface area (Å²) in [6, 6.07) is 0. The maximum atomic E-state index is 10.6. The standard InChI is InChI=1S/C6H8Cl2O2/c1-4(9)3-6(7,8)5(2)10/h3H2,1-2H3. The number of rotatable bonds is 3. The minimum Gasteiger partial charge on any atom is -0.300 e. The van der Waals surface area contributed by atoms with Crippen molar-refractivity contribution in [3.05, 3.63) is 0 Å². The zero-order valence-corrected chi connectivity index (χ0v) is 7.29. The first-order chi connectivity index (χ1) is 4.36. The largest absolute Gasteiger partial charge is 0.300 e. The van der Waals surface area contributed by atoms with E-state index in [0.717, 1.165) is 0 Å². The van der Waals surface area contributed by atoms with Crippen molar-refractivity contribution >= 4 is 34.8 Å². The highest BCUT2D eigenvalue weighted by molar-refractivity contribution is 6.58. The van der Waals surface area contributed by atoms with E-state index in [1.165, 1.54) is 13.8 Å². The van der Waals surface area contributed by atoms with Crippen molar-refractivity contribution in [2.75, 3.05) is 0 Å². The number of hydrogen-bond donors (Lipinski definition) is 0. The van der Waals surface area contributed by atoms with Gasteiger partial charge in [-0.25, -0.2) is 0 Å². The molecule has 0 N–H and O–H groups in total. The normalized spacial score (nSPS) is 11.2. The number of carbonyl (C=O) groups is 2. The third kappa shape index (κ3) is 3.18. The van der Waals surface area contributed by atoms with Gasteiger partial charge in [0.2, 0.25) is 0 Å². The number of alkyl halides is 2. The van der Waals surface area contributed by atoms with Crippen LogP contribution in [0.2, 0.25) is 0 Å². The zero-order valence-electron chi connectivity index (χ0n) is 5.78. The summed E-state index contributed by atoms with van der Waals surface area (Å²) in [6.07, 6.45) is -0.120. The monoisotopic (exact) mass is 182 g/mol. The smallest absolute Gasteiger partial charge is 0.182 e. The quantitative estimate of drug-likeness (QED) is 0.624. The molecule has 0 saturated carbocycles. The highest BCUT2D eigenvalue weighted by atomic mass is 35.5. The molecule has 0 radical (unpaired) electrons. The topological polar surface area (TPSA) is 34.1 Å². The van der Waals surface area contributed by atoms with Gasteiger partial charge >= 0.3 is 0 Å². The van der Waals surface area contributed by atoms with Crippen molar-refractivity contribution in [3.8, 4) is 0 Å². The minimum absolute atomic E-state index is 0.120. The Labute approximate surface area is 69.5 Å². The second kappa shape index (κ2) is 3.35. The fourth-order valence-electron chi connectivity index (χ4n) is 0.437. The predicted molar refractivity (Wildman–Crippen MR) is 40.4 cm³/mol. The van der Waals surface area contributed by atoms with E-state index in [2.05, 4.69) is 0 Å². The van der Waals surface area contributed by atoms with Crippen LogP contribution in [0.25, 0.3) is 0 Å². The van der Waals surface area contributed by atoms with Crippen molar-refractivity contribution < 1.29 is 9.59 Å². The molecule has 0 aliphatic heterocycles. The second-order valence-electron chi connectivity index (χ2n) is 2.14. The maximum Gasteiger partial charge on any atom is 0.182 e. The Morgan fingerprint density at radius 2 is 1.70 bits per heavy atom. The lowest BCUT2D eigenvalue weighted by Gasteiger charge is -2.12. The summed E-state index contributed by atoms with van der Waals surface area (Å²) < 4.78 is -1.52. The molecule has 0 rings (SSSR count). The molecule has 0 bridgehead atoms. The third-order valence-electron chi connectivity index (χ3n) is 0.986. The fourth-order valence-corrected chi connectivity index (χ4v) is 0.814. The van der Waals surface area contributed by atoms with Crippen molar-refractivity contribution in [3.63, 3.8) is 0 Å². The maximum absolute atomic E-state index is 10.6. The summed E-state index contributed by atoms with van der Waals surface area (Å²) >= 11 is 10.9. The lowest BCUT2D eigenvalue weighted by molar-refractivity contribution is -0.122. The first kappa shape index (κ1) is 9.92. The minimum atomic E-state index is -1.52. The third-order valence-corrected chi connectivity index (χ3v) is 1.79. The SMILES string of the molecule is CC(=O)CC(Cl)(Cl)C(C)=O. The van der Waals surface area contributed by atoms with E-state index in [9.17, 15) is 9.59 Å². The second-order valence-corrected chi connectivity index (χ2v) is 3.62. The number of Topliss-reactive ketones (excluding diaryl/α,β-unsaturated/α-hetero) is 2. The molecule has 0 aromatic heterocycles. The van der Waals surface area contributed by atoms with Crippen molar-refractivity contribution in [1.29, 1.82) is 0 Å². The molecule has 0 fully saturated rings. The van der Waals surface area contributed by atoms with Crippen LogP contribution >= 0.6 is 23.2 Å². The van der Waals surface area contributed by atoms with Gasteiger partial charge in [-0.05, 0) is 13.8 Å². The van der Waals surface area contributed by atoms with E-state index in [1.54, 1.807) is 0 Å². The Hall–Kier alpha value is -0.0800. The number of hydrogen-bond acceptors (Lipinski definition) is 2. The van der Waals surface area contributed by atoms with Crippen LogP contribution in [0.5, 0.6) is 0 Å². The van der Waals surface area contributed by atoms with Gasteiger partial charge < -0.3 is 0 Å². The lowest BCUT2D eigenvalue weighted by atomic mass is 10.2. The van der Waals surface area contributed by atoms with Gasteiger partial charge in [0.25, 0.3) is 0 Å². The van der Waals surface area contributed by atoms with Gasteiger partial charge in [-0.3, -0.25) is 9.59 Å². The van der Waals surface area contributed by atoms with Gasteiger partial charge in [-0.15, -0.1) is 0 Å². The summed E-state index contributed by atoms with van der Waals surface area (Å²) in [7, 11) is 0. The zero-order chi connectivity index (χ0) is 8.36. The molecule has 0 amide bonds. The predicted octanol–water partition coefficient (Wildman–Crippen LogP) is 1.73. The highest BCUT2D eigenvalue weighted by Gasteiger charge is 2.31. The first-order valence-electron chi connectivity index (χ1n) is 2.74.